The lowest BCUT2D eigenvalue weighted by molar-refractivity contribution is 0.608. The summed E-state index contributed by atoms with van der Waals surface area (Å²) in [6, 6.07) is 75.8. The molecule has 5 aromatic carbocycles. The van der Waals surface area contributed by atoms with Crippen LogP contribution in [0.4, 0.5) is 0 Å². The highest BCUT2D eigenvalue weighted by molar-refractivity contribution is 7.84. The van der Waals surface area contributed by atoms with Crippen molar-refractivity contribution in [3.05, 3.63) is 139 Å². The second-order valence-electron chi connectivity index (χ2n) is 44.1. The van der Waals surface area contributed by atoms with E-state index in [4.69, 9.17) is 0 Å². The largest absolute Gasteiger partial charge is 0.0867 e. The van der Waals surface area contributed by atoms with Crippen molar-refractivity contribution in [2.24, 2.45) is 0 Å². The third-order valence-electron chi connectivity index (χ3n) is 32.7. The SMILES string of the molecule is CCCCCCCC[Si](CCCCCCCC)(CCCCCCCC)c1ccc(P(/C=C(/c2ccccc2)P(c2ccc([Si](CCCCCCCC)(CCCCCCCC)CCCCCCCC)cc2)c2ccc([Si](CCCCCCCC)(CCCCCCCC)CCCCCCCC)cc2)c2ccc([Si](CCCCCCCC)(CCCCCCCC)CCCCCCCC)cc2)cc1. The minimum Gasteiger partial charge on any atom is -0.0654 e. The fraction of sp³-hybridized carbons (Fsp3) is 0.750. The fourth-order valence-corrected chi connectivity index (χ4v) is 49.7. The lowest BCUT2D eigenvalue weighted by Crippen LogP contribution is -2.48. The average molecular weight is 1940 g/mol. The third-order valence-corrected chi connectivity index (χ3v) is 59.5. The average Bonchev–Trinajstić information content (AvgIpc) is 0.765. The van der Waals surface area contributed by atoms with Gasteiger partial charge in [0.05, 0.1) is 32.3 Å². The minimum absolute atomic E-state index is 0.970. The van der Waals surface area contributed by atoms with Crippen LogP contribution in [0.1, 0.15) is 551 Å². The predicted molar refractivity (Wildman–Crippen MR) is 632 cm³/mol. The first-order chi connectivity index (χ1) is 66.0. The Kier molecular flexibility index (Phi) is 74.6. The van der Waals surface area contributed by atoms with Crippen molar-refractivity contribution >= 4 is 95.4 Å². The van der Waals surface area contributed by atoms with Crippen LogP contribution in [-0.4, -0.2) is 32.3 Å². The number of hydrogen-bond donors (Lipinski definition) is 0. The quantitative estimate of drug-likeness (QED) is 0.0207. The zero-order valence-corrected chi connectivity index (χ0v) is 97.8. The first-order valence-electron chi connectivity index (χ1n) is 60.8. The Labute approximate surface area is 845 Å². The van der Waals surface area contributed by atoms with Crippen molar-refractivity contribution in [2.45, 2.75) is 618 Å². The van der Waals surface area contributed by atoms with Crippen molar-refractivity contribution in [2.75, 3.05) is 0 Å². The van der Waals surface area contributed by atoms with Crippen LogP contribution in [0.3, 0.4) is 0 Å². The highest BCUT2D eigenvalue weighted by Gasteiger charge is 2.39. The molecule has 134 heavy (non-hydrogen) atoms. The van der Waals surface area contributed by atoms with Crippen LogP contribution >= 0.6 is 15.8 Å². The molecule has 0 aliphatic carbocycles. The molecule has 0 saturated heterocycles. The summed E-state index contributed by atoms with van der Waals surface area (Å²) in [5, 5.41) is 15.2. The van der Waals surface area contributed by atoms with Gasteiger partial charge in [-0.3, -0.25) is 0 Å². The molecule has 764 valence electrons. The van der Waals surface area contributed by atoms with E-state index in [2.05, 4.69) is 216 Å². The minimum atomic E-state index is -1.93. The second kappa shape index (κ2) is 81.9. The predicted octanol–water partition coefficient (Wildman–Crippen LogP) is 42.2. The molecule has 0 amide bonds. The summed E-state index contributed by atoms with van der Waals surface area (Å²) < 4.78 is 0. The number of unbranched alkanes of at least 4 members (excludes halogenated alkanes) is 60. The van der Waals surface area contributed by atoms with Crippen molar-refractivity contribution in [1.29, 1.82) is 0 Å². The Morgan fingerprint density at radius 3 is 0.463 bits per heavy atom. The fourth-order valence-electron chi connectivity index (χ4n) is 23.8. The summed E-state index contributed by atoms with van der Waals surface area (Å²) in [5.74, 6) is 3.05. The van der Waals surface area contributed by atoms with Gasteiger partial charge in [0.2, 0.25) is 0 Å². The van der Waals surface area contributed by atoms with E-state index in [1.54, 1.807) is 26.5 Å². The Balaban J connectivity index is 2.02. The van der Waals surface area contributed by atoms with Gasteiger partial charge in [-0.15, -0.1) is 0 Å². The molecule has 0 aromatic heterocycles. The summed E-state index contributed by atoms with van der Waals surface area (Å²) in [6.07, 6.45) is 101. The Bertz CT molecular complexity index is 3070. The Hall–Kier alpha value is -2.43. The van der Waals surface area contributed by atoms with E-state index in [1.807, 2.05) is 20.7 Å². The Morgan fingerprint density at radius 1 is 0.164 bits per heavy atom. The van der Waals surface area contributed by atoms with Crippen LogP contribution in [0.25, 0.3) is 5.31 Å². The maximum atomic E-state index is 3.05. The topological polar surface area (TPSA) is 0 Å². The van der Waals surface area contributed by atoms with Crippen LogP contribution < -0.4 is 42.0 Å². The molecule has 0 heterocycles. The van der Waals surface area contributed by atoms with Crippen LogP contribution in [0.2, 0.25) is 72.5 Å². The zero-order valence-electron chi connectivity index (χ0n) is 92.0. The van der Waals surface area contributed by atoms with Gasteiger partial charge < -0.3 is 0 Å². The van der Waals surface area contributed by atoms with Crippen LogP contribution in [0, 0.1) is 0 Å². The maximum Gasteiger partial charge on any atom is 0.0867 e. The lowest BCUT2D eigenvalue weighted by Gasteiger charge is -2.35. The molecule has 0 nitrogen and oxygen atoms in total. The zero-order chi connectivity index (χ0) is 95.9. The molecule has 5 aromatic rings. The van der Waals surface area contributed by atoms with E-state index < -0.39 is 48.1 Å². The summed E-state index contributed by atoms with van der Waals surface area (Å²) in [5.41, 5.74) is 1.45. The molecular weight excluding hydrogens is 1710 g/mol. The normalized spacial score (nSPS) is 12.5. The molecule has 0 saturated carbocycles. The molecule has 0 aliphatic heterocycles. The third kappa shape index (κ3) is 50.7. The highest BCUT2D eigenvalue weighted by Crippen LogP contribution is 2.54. The standard InChI is InChI=1S/C128H226P2Si4/c1-13-25-37-49-61-76-106-131(107-77-62-50-38-26-14-2,108-78-63-51-39-27-15-3)124-98-90-120(91-99-124)129(121-92-100-125(101-93-121)132(109-79-64-52-40-28-16-4,110-80-65-53-41-29-17-5)111-81-66-54-42-30-18-6)118-128(119-88-74-73-75-89-119)130(122-94-102-126(103-95-122)133(112-82-67-55-43-31-19-7,113-83-68-56-44-32-20-8)114-84-69-57-45-33-21-9)123-96-104-127(105-97-123)134(115-85-70-58-46-34-22-10,116-86-71-59-47-35-23-11)117-87-72-60-48-36-24-12/h73-75,88-105,118H,13-72,76-87,106-117H2,1-12H3/b128-118-. The molecular formula is C128H226P2Si4. The maximum absolute atomic E-state index is 3.05. The lowest BCUT2D eigenvalue weighted by atomic mass is 10.1. The molecule has 0 unspecified atom stereocenters. The van der Waals surface area contributed by atoms with Crippen molar-refractivity contribution in [3.63, 3.8) is 0 Å². The van der Waals surface area contributed by atoms with Crippen LogP contribution in [0.15, 0.2) is 133 Å². The van der Waals surface area contributed by atoms with E-state index in [0.717, 1.165) is 0 Å². The molecule has 0 bridgehead atoms. The first kappa shape index (κ1) is 122. The second-order valence-corrected chi connectivity index (χ2v) is 66.9. The number of benzene rings is 5. The van der Waals surface area contributed by atoms with Gasteiger partial charge in [-0.25, -0.2) is 0 Å². The van der Waals surface area contributed by atoms with E-state index in [-0.39, 0.29) is 0 Å². The van der Waals surface area contributed by atoms with Gasteiger partial charge in [0.1, 0.15) is 0 Å². The van der Waals surface area contributed by atoms with E-state index in [0.29, 0.717) is 0 Å². The van der Waals surface area contributed by atoms with Crippen LogP contribution in [0.5, 0.6) is 0 Å². The molecule has 0 spiro atoms. The van der Waals surface area contributed by atoms with Gasteiger partial charge in [0.25, 0.3) is 0 Å². The van der Waals surface area contributed by atoms with Gasteiger partial charge in [0.15, 0.2) is 0 Å². The first-order valence-corrected chi connectivity index (χ1v) is 74.1. The smallest absolute Gasteiger partial charge is 0.0654 e. The van der Waals surface area contributed by atoms with E-state index in [1.165, 1.54) is 540 Å². The number of rotatable bonds is 95. The van der Waals surface area contributed by atoms with Crippen molar-refractivity contribution < 1.29 is 0 Å². The summed E-state index contributed by atoms with van der Waals surface area (Å²) in [4.78, 5) is 0. The highest BCUT2D eigenvalue weighted by atomic mass is 31.1. The summed E-state index contributed by atoms with van der Waals surface area (Å²) in [6.45, 7) is 28.9. The van der Waals surface area contributed by atoms with Crippen molar-refractivity contribution in [1.82, 2.24) is 0 Å². The summed E-state index contributed by atoms with van der Waals surface area (Å²) in [7, 11) is -9.69. The van der Waals surface area contributed by atoms with Gasteiger partial charge in [-0.2, -0.15) is 0 Å². The molecule has 0 radical (unpaired) electrons. The monoisotopic (exact) mass is 1940 g/mol. The summed E-state index contributed by atoms with van der Waals surface area (Å²) >= 11 is 0. The molecule has 0 fully saturated rings. The van der Waals surface area contributed by atoms with E-state index >= 15 is 0 Å². The van der Waals surface area contributed by atoms with Crippen molar-refractivity contribution in [3.8, 4) is 0 Å². The van der Waals surface area contributed by atoms with Gasteiger partial charge in [-0.05, 0) is 53.8 Å². The van der Waals surface area contributed by atoms with Gasteiger partial charge >= 0.3 is 0 Å². The molecule has 5 rings (SSSR count). The van der Waals surface area contributed by atoms with Gasteiger partial charge in [-0.1, -0.05) is 766 Å². The molecule has 0 aliphatic rings. The van der Waals surface area contributed by atoms with E-state index in [9.17, 15) is 0 Å². The van der Waals surface area contributed by atoms with Crippen LogP contribution in [-0.2, 0) is 0 Å². The van der Waals surface area contributed by atoms with Gasteiger partial charge in [0, 0.05) is 0 Å². The molecule has 0 atom stereocenters. The molecule has 0 N–H and O–H groups in total. The Morgan fingerprint density at radius 2 is 0.306 bits per heavy atom. The number of hydrogen-bond acceptors (Lipinski definition) is 0. The molecule has 6 heteroatoms.